The van der Waals surface area contributed by atoms with E-state index < -0.39 is 0 Å². The molecule has 0 amide bonds. The van der Waals surface area contributed by atoms with Crippen LogP contribution in [0.2, 0.25) is 0 Å². The highest BCUT2D eigenvalue weighted by molar-refractivity contribution is 5.42. The second-order valence-electron chi connectivity index (χ2n) is 4.44. The second-order valence-corrected chi connectivity index (χ2v) is 4.44. The van der Waals surface area contributed by atoms with Gasteiger partial charge in [0.25, 0.3) is 0 Å². The Labute approximate surface area is 102 Å². The van der Waals surface area contributed by atoms with E-state index in [1.165, 1.54) is 38.7 Å². The van der Waals surface area contributed by atoms with E-state index in [0.717, 1.165) is 12.1 Å². The lowest BCUT2D eigenvalue weighted by Gasteiger charge is -2.26. The normalized spacial score (nSPS) is 17.0. The molecule has 5 nitrogen and oxygen atoms in total. The number of rotatable bonds is 4. The van der Waals surface area contributed by atoms with Gasteiger partial charge in [-0.1, -0.05) is 6.42 Å². The molecule has 0 unspecified atom stereocenters. The average molecular weight is 236 g/mol. The number of nitrogen functional groups attached to an aromatic ring is 1. The van der Waals surface area contributed by atoms with Crippen LogP contribution < -0.4 is 10.5 Å². The van der Waals surface area contributed by atoms with Crippen LogP contribution in [0, 0.1) is 6.92 Å². The zero-order chi connectivity index (χ0) is 12.1. The van der Waals surface area contributed by atoms with Crippen LogP contribution in [-0.2, 0) is 0 Å². The van der Waals surface area contributed by atoms with Gasteiger partial charge in [-0.2, -0.15) is 0 Å². The SMILES string of the molecule is Cc1c(N)ncnc1OCCN1CCCCC1. The van der Waals surface area contributed by atoms with Crippen LogP contribution in [0.4, 0.5) is 5.82 Å². The van der Waals surface area contributed by atoms with Gasteiger partial charge in [-0.15, -0.1) is 0 Å². The number of aromatic nitrogens is 2. The molecule has 1 aliphatic rings. The molecule has 1 aromatic rings. The number of hydrogen-bond acceptors (Lipinski definition) is 5. The molecule has 1 aromatic heterocycles. The standard InChI is InChI=1S/C12H20N4O/c1-10-11(13)14-9-15-12(10)17-8-7-16-5-3-2-4-6-16/h9H,2-8H2,1H3,(H2,13,14,15). The molecule has 1 aliphatic heterocycles. The van der Waals surface area contributed by atoms with Crippen molar-refractivity contribution >= 4 is 5.82 Å². The fourth-order valence-corrected chi connectivity index (χ4v) is 2.05. The molecule has 17 heavy (non-hydrogen) atoms. The van der Waals surface area contributed by atoms with Crippen LogP contribution in [-0.4, -0.2) is 41.1 Å². The Morgan fingerprint density at radius 2 is 2.06 bits per heavy atom. The van der Waals surface area contributed by atoms with Crippen molar-refractivity contribution in [3.05, 3.63) is 11.9 Å². The summed E-state index contributed by atoms with van der Waals surface area (Å²) in [6.45, 7) is 5.88. The van der Waals surface area contributed by atoms with Crippen LogP contribution in [0.15, 0.2) is 6.33 Å². The summed E-state index contributed by atoms with van der Waals surface area (Å²) in [5.41, 5.74) is 6.52. The third-order valence-corrected chi connectivity index (χ3v) is 3.17. The first-order valence-electron chi connectivity index (χ1n) is 6.19. The molecule has 0 spiro atoms. The van der Waals surface area contributed by atoms with Crippen molar-refractivity contribution in [2.24, 2.45) is 0 Å². The van der Waals surface area contributed by atoms with Crippen molar-refractivity contribution in [1.82, 2.24) is 14.9 Å². The minimum absolute atomic E-state index is 0.493. The van der Waals surface area contributed by atoms with E-state index in [1.807, 2.05) is 6.92 Å². The molecular weight excluding hydrogens is 216 g/mol. The Hall–Kier alpha value is -1.36. The molecule has 0 radical (unpaired) electrons. The predicted octanol–water partition coefficient (Wildman–Crippen LogP) is 1.23. The quantitative estimate of drug-likeness (QED) is 0.852. The number of anilines is 1. The Morgan fingerprint density at radius 1 is 1.29 bits per heavy atom. The first-order chi connectivity index (χ1) is 8.27. The summed E-state index contributed by atoms with van der Waals surface area (Å²) in [5.74, 6) is 1.10. The van der Waals surface area contributed by atoms with E-state index in [4.69, 9.17) is 10.5 Å². The van der Waals surface area contributed by atoms with Gasteiger partial charge >= 0.3 is 0 Å². The zero-order valence-electron chi connectivity index (χ0n) is 10.4. The maximum Gasteiger partial charge on any atom is 0.221 e. The van der Waals surface area contributed by atoms with Crippen molar-refractivity contribution in [3.8, 4) is 5.88 Å². The lowest BCUT2D eigenvalue weighted by Crippen LogP contribution is -2.33. The number of nitrogens with two attached hydrogens (primary N) is 1. The highest BCUT2D eigenvalue weighted by Gasteiger charge is 2.10. The smallest absolute Gasteiger partial charge is 0.221 e. The largest absolute Gasteiger partial charge is 0.476 e. The third-order valence-electron chi connectivity index (χ3n) is 3.17. The van der Waals surface area contributed by atoms with Gasteiger partial charge in [0, 0.05) is 6.54 Å². The molecule has 0 aromatic carbocycles. The van der Waals surface area contributed by atoms with Gasteiger partial charge in [-0.05, 0) is 32.9 Å². The molecular formula is C12H20N4O. The molecule has 0 atom stereocenters. The maximum atomic E-state index is 5.69. The summed E-state index contributed by atoms with van der Waals surface area (Å²) in [6.07, 6.45) is 5.41. The minimum atomic E-state index is 0.493. The zero-order valence-corrected chi connectivity index (χ0v) is 10.4. The molecule has 1 fully saturated rings. The van der Waals surface area contributed by atoms with E-state index in [9.17, 15) is 0 Å². The number of hydrogen-bond donors (Lipinski definition) is 1. The fourth-order valence-electron chi connectivity index (χ4n) is 2.05. The van der Waals surface area contributed by atoms with Crippen molar-refractivity contribution in [2.45, 2.75) is 26.2 Å². The number of likely N-dealkylation sites (tertiary alicyclic amines) is 1. The van der Waals surface area contributed by atoms with E-state index in [0.29, 0.717) is 18.3 Å². The van der Waals surface area contributed by atoms with Crippen molar-refractivity contribution in [3.63, 3.8) is 0 Å². The number of piperidine rings is 1. The lowest BCUT2D eigenvalue weighted by atomic mass is 10.1. The van der Waals surface area contributed by atoms with Crippen molar-refractivity contribution < 1.29 is 4.74 Å². The molecule has 2 heterocycles. The second kappa shape index (κ2) is 5.82. The molecule has 94 valence electrons. The highest BCUT2D eigenvalue weighted by Crippen LogP contribution is 2.17. The minimum Gasteiger partial charge on any atom is -0.476 e. The van der Waals surface area contributed by atoms with E-state index in [1.54, 1.807) is 0 Å². The van der Waals surface area contributed by atoms with Gasteiger partial charge in [0.2, 0.25) is 5.88 Å². The first kappa shape index (κ1) is 12.1. The van der Waals surface area contributed by atoms with Crippen LogP contribution in [0.1, 0.15) is 24.8 Å². The van der Waals surface area contributed by atoms with Gasteiger partial charge in [0.1, 0.15) is 18.8 Å². The number of nitrogens with zero attached hydrogens (tertiary/aromatic N) is 3. The predicted molar refractivity (Wildman–Crippen MR) is 67.0 cm³/mol. The van der Waals surface area contributed by atoms with Crippen LogP contribution >= 0.6 is 0 Å². The molecule has 5 heteroatoms. The molecule has 1 saturated heterocycles. The van der Waals surface area contributed by atoms with Gasteiger partial charge < -0.3 is 10.5 Å². The fraction of sp³-hybridized carbons (Fsp3) is 0.667. The monoisotopic (exact) mass is 236 g/mol. The lowest BCUT2D eigenvalue weighted by molar-refractivity contribution is 0.180. The third kappa shape index (κ3) is 3.30. The van der Waals surface area contributed by atoms with E-state index in [-0.39, 0.29) is 0 Å². The molecule has 2 N–H and O–H groups in total. The maximum absolute atomic E-state index is 5.69. The molecule has 0 saturated carbocycles. The molecule has 2 rings (SSSR count). The van der Waals surface area contributed by atoms with Gasteiger partial charge in [-0.3, -0.25) is 4.90 Å². The first-order valence-corrected chi connectivity index (χ1v) is 6.19. The molecule has 0 aliphatic carbocycles. The topological polar surface area (TPSA) is 64.3 Å². The summed E-state index contributed by atoms with van der Waals surface area (Å²) in [5, 5.41) is 0. The van der Waals surface area contributed by atoms with E-state index in [2.05, 4.69) is 14.9 Å². The van der Waals surface area contributed by atoms with Crippen LogP contribution in [0.5, 0.6) is 5.88 Å². The van der Waals surface area contributed by atoms with Crippen LogP contribution in [0.25, 0.3) is 0 Å². The summed E-state index contributed by atoms with van der Waals surface area (Å²) in [6, 6.07) is 0. The van der Waals surface area contributed by atoms with Crippen LogP contribution in [0.3, 0.4) is 0 Å². The Balaban J connectivity index is 1.79. The summed E-state index contributed by atoms with van der Waals surface area (Å²) in [7, 11) is 0. The Bertz CT molecular complexity index is 364. The van der Waals surface area contributed by atoms with Crippen molar-refractivity contribution in [2.75, 3.05) is 32.0 Å². The number of ether oxygens (including phenoxy) is 1. The average Bonchev–Trinajstić information content (AvgIpc) is 2.36. The van der Waals surface area contributed by atoms with Crippen molar-refractivity contribution in [1.29, 1.82) is 0 Å². The van der Waals surface area contributed by atoms with Gasteiger partial charge in [0.05, 0.1) is 5.56 Å². The Kier molecular flexibility index (Phi) is 4.14. The Morgan fingerprint density at radius 3 is 2.82 bits per heavy atom. The summed E-state index contributed by atoms with van der Waals surface area (Å²) in [4.78, 5) is 10.4. The highest BCUT2D eigenvalue weighted by atomic mass is 16.5. The summed E-state index contributed by atoms with van der Waals surface area (Å²) >= 11 is 0. The van der Waals surface area contributed by atoms with Gasteiger partial charge in [0.15, 0.2) is 0 Å². The molecule has 0 bridgehead atoms. The summed E-state index contributed by atoms with van der Waals surface area (Å²) < 4.78 is 5.65. The van der Waals surface area contributed by atoms with E-state index >= 15 is 0 Å². The van der Waals surface area contributed by atoms with Gasteiger partial charge in [-0.25, -0.2) is 9.97 Å².